The second kappa shape index (κ2) is 11.0. The van der Waals surface area contributed by atoms with Crippen molar-refractivity contribution < 1.29 is 19.7 Å². The molecule has 1 aromatic rings. The van der Waals surface area contributed by atoms with Gasteiger partial charge in [-0.3, -0.25) is 9.78 Å². The van der Waals surface area contributed by atoms with Gasteiger partial charge in [0.25, 0.3) is 0 Å². The van der Waals surface area contributed by atoms with Crippen LogP contribution in [0.25, 0.3) is 0 Å². The second-order valence-electron chi connectivity index (χ2n) is 9.24. The summed E-state index contributed by atoms with van der Waals surface area (Å²) in [6.07, 6.45) is 14.0. The van der Waals surface area contributed by atoms with Crippen molar-refractivity contribution in [1.29, 1.82) is 0 Å². The van der Waals surface area contributed by atoms with Crippen molar-refractivity contribution in [1.82, 2.24) is 9.88 Å². The van der Waals surface area contributed by atoms with Crippen molar-refractivity contribution in [3.63, 3.8) is 0 Å². The van der Waals surface area contributed by atoms with Crippen LogP contribution in [-0.2, 0) is 10.2 Å². The first-order valence-electron chi connectivity index (χ1n) is 12.0. The molecule has 0 amide bonds. The van der Waals surface area contributed by atoms with Crippen molar-refractivity contribution >= 4 is 5.97 Å². The molecule has 1 saturated heterocycles. The number of pyridine rings is 1. The summed E-state index contributed by atoms with van der Waals surface area (Å²) in [5.41, 5.74) is 1.29. The summed E-state index contributed by atoms with van der Waals surface area (Å²) >= 11 is 0. The lowest BCUT2D eigenvalue weighted by molar-refractivity contribution is -0.137. The molecule has 2 unspecified atom stereocenters. The number of likely N-dealkylation sites (tertiary alicyclic amines) is 1. The predicted molar refractivity (Wildman–Crippen MR) is 126 cm³/mol. The zero-order valence-electron chi connectivity index (χ0n) is 19.7. The third-order valence-electron chi connectivity index (χ3n) is 6.85. The Bertz CT molecular complexity index is 827. The number of piperidine rings is 1. The first-order chi connectivity index (χ1) is 15.4. The fourth-order valence-electron chi connectivity index (χ4n) is 5.14. The number of hydrogen-bond donors (Lipinski definition) is 2. The Kier molecular flexibility index (Phi) is 8.35. The lowest BCUT2D eigenvalue weighted by atomic mass is 9.71. The van der Waals surface area contributed by atoms with Crippen LogP contribution in [0.4, 0.5) is 0 Å². The minimum atomic E-state index is -0.830. The highest BCUT2D eigenvalue weighted by Gasteiger charge is 2.42. The number of hydrogen-bond acceptors (Lipinski definition) is 5. The Hall–Kier alpha value is -2.34. The molecule has 0 aromatic carbocycles. The summed E-state index contributed by atoms with van der Waals surface area (Å²) in [7, 11) is 0. The SMILES string of the molecule is CCCC(O)C1(c2ncccc2OCCCC(=O)O)C=CC(N2[C@H](C)CCC[C@@H]2C)=CC1. The lowest BCUT2D eigenvalue weighted by Gasteiger charge is -2.44. The molecule has 3 rings (SSSR count). The van der Waals surface area contributed by atoms with Crippen molar-refractivity contribution in [3.05, 3.63) is 47.9 Å². The molecule has 1 aliphatic heterocycles. The van der Waals surface area contributed by atoms with Gasteiger partial charge in [0, 0.05) is 30.4 Å². The van der Waals surface area contributed by atoms with Crippen LogP contribution in [0.15, 0.2) is 42.3 Å². The van der Waals surface area contributed by atoms with Gasteiger partial charge in [0.05, 0.1) is 23.8 Å². The topological polar surface area (TPSA) is 82.9 Å². The quantitative estimate of drug-likeness (QED) is 0.505. The Morgan fingerprint density at radius 3 is 2.72 bits per heavy atom. The minimum absolute atomic E-state index is 0.0669. The highest BCUT2D eigenvalue weighted by Crippen LogP contribution is 2.43. The summed E-state index contributed by atoms with van der Waals surface area (Å²) in [4.78, 5) is 18.0. The van der Waals surface area contributed by atoms with Gasteiger partial charge in [0.1, 0.15) is 5.75 Å². The van der Waals surface area contributed by atoms with E-state index in [1.54, 1.807) is 6.20 Å². The highest BCUT2D eigenvalue weighted by molar-refractivity contribution is 5.66. The number of aliphatic hydroxyl groups excluding tert-OH is 1. The van der Waals surface area contributed by atoms with E-state index < -0.39 is 17.5 Å². The number of carboxylic acids is 1. The standard InChI is InChI=1S/C26H38N2O4/c1-4-8-23(29)26(25-22(11-6-17-27-25)32-18-7-12-24(30)31)15-13-21(14-16-26)28-19(2)9-5-10-20(28)3/h6,11,13-15,17,19-20,23,29H,4-5,7-10,12,16,18H2,1-3H3,(H,30,31)/t19-,20+,23?,26?. The smallest absolute Gasteiger partial charge is 0.303 e. The monoisotopic (exact) mass is 442 g/mol. The van der Waals surface area contributed by atoms with E-state index in [0.717, 1.165) is 12.1 Å². The van der Waals surface area contributed by atoms with Crippen molar-refractivity contribution in [2.24, 2.45) is 0 Å². The van der Waals surface area contributed by atoms with Gasteiger partial charge >= 0.3 is 5.97 Å². The van der Waals surface area contributed by atoms with Crippen LogP contribution in [0, 0.1) is 0 Å². The molecule has 6 nitrogen and oxygen atoms in total. The molecule has 0 radical (unpaired) electrons. The molecular formula is C26H38N2O4. The highest BCUT2D eigenvalue weighted by atomic mass is 16.5. The zero-order valence-corrected chi connectivity index (χ0v) is 19.7. The van der Waals surface area contributed by atoms with Crippen molar-refractivity contribution in [2.45, 2.75) is 95.7 Å². The van der Waals surface area contributed by atoms with E-state index in [2.05, 4.69) is 48.9 Å². The molecule has 1 aromatic heterocycles. The van der Waals surface area contributed by atoms with Crippen molar-refractivity contribution in [2.75, 3.05) is 6.61 Å². The molecule has 176 valence electrons. The zero-order chi connectivity index (χ0) is 23.1. The van der Waals surface area contributed by atoms with Crippen LogP contribution in [0.3, 0.4) is 0 Å². The van der Waals surface area contributed by atoms with E-state index in [-0.39, 0.29) is 6.42 Å². The number of aliphatic carboxylic acids is 1. The number of carboxylic acid groups (broad SMARTS) is 1. The Morgan fingerprint density at radius 2 is 2.09 bits per heavy atom. The maximum Gasteiger partial charge on any atom is 0.303 e. The van der Waals surface area contributed by atoms with Crippen LogP contribution in [0.5, 0.6) is 5.75 Å². The van der Waals surface area contributed by atoms with Crippen LogP contribution in [0.2, 0.25) is 0 Å². The van der Waals surface area contributed by atoms with E-state index >= 15 is 0 Å². The van der Waals surface area contributed by atoms with Crippen LogP contribution in [0.1, 0.15) is 77.8 Å². The molecule has 2 heterocycles. The van der Waals surface area contributed by atoms with Crippen LogP contribution >= 0.6 is 0 Å². The number of allylic oxidation sites excluding steroid dienone is 2. The molecule has 6 heteroatoms. The molecule has 2 aliphatic rings. The average Bonchev–Trinajstić information content (AvgIpc) is 2.77. The third kappa shape index (κ3) is 5.34. The number of carbonyl (C=O) groups is 1. The van der Waals surface area contributed by atoms with Gasteiger partial charge in [-0.25, -0.2) is 0 Å². The summed E-state index contributed by atoms with van der Waals surface area (Å²) in [5, 5.41) is 20.2. The molecular weight excluding hydrogens is 404 g/mol. The first kappa shape index (κ1) is 24.3. The van der Waals surface area contributed by atoms with Gasteiger partial charge in [-0.15, -0.1) is 0 Å². The third-order valence-corrected chi connectivity index (χ3v) is 6.85. The summed E-state index contributed by atoms with van der Waals surface area (Å²) in [5.74, 6) is -0.210. The minimum Gasteiger partial charge on any atom is -0.492 e. The molecule has 1 fully saturated rings. The average molecular weight is 443 g/mol. The fraction of sp³-hybridized carbons (Fsp3) is 0.615. The number of aromatic nitrogens is 1. The second-order valence-corrected chi connectivity index (χ2v) is 9.24. The number of aliphatic hydroxyl groups is 1. The van der Waals surface area contributed by atoms with Crippen LogP contribution in [-0.4, -0.2) is 50.9 Å². The normalized spacial score (nSPS) is 26.5. The van der Waals surface area contributed by atoms with E-state index in [1.165, 1.54) is 25.0 Å². The lowest BCUT2D eigenvalue weighted by Crippen LogP contribution is -2.45. The number of rotatable bonds is 10. The van der Waals surface area contributed by atoms with Gasteiger partial charge < -0.3 is 19.8 Å². The number of ether oxygens (including phenoxy) is 1. The summed E-state index contributed by atoms with van der Waals surface area (Å²) in [6.45, 7) is 6.96. The maximum atomic E-state index is 11.3. The molecule has 0 bridgehead atoms. The molecule has 4 atom stereocenters. The van der Waals surface area contributed by atoms with E-state index in [9.17, 15) is 9.90 Å². The van der Waals surface area contributed by atoms with Gasteiger partial charge in [-0.05, 0) is 70.6 Å². The number of nitrogens with zero attached hydrogens (tertiary/aromatic N) is 2. The largest absolute Gasteiger partial charge is 0.492 e. The van der Waals surface area contributed by atoms with Gasteiger partial charge in [-0.1, -0.05) is 25.5 Å². The maximum absolute atomic E-state index is 11.3. The van der Waals surface area contributed by atoms with Crippen molar-refractivity contribution in [3.8, 4) is 5.75 Å². The summed E-state index contributed by atoms with van der Waals surface area (Å²) in [6, 6.07) is 4.70. The first-order valence-corrected chi connectivity index (χ1v) is 12.0. The van der Waals surface area contributed by atoms with E-state index in [4.69, 9.17) is 9.84 Å². The molecule has 1 aliphatic carbocycles. The molecule has 2 N–H and O–H groups in total. The predicted octanol–water partition coefficient (Wildman–Crippen LogP) is 4.83. The molecule has 0 spiro atoms. The summed E-state index contributed by atoms with van der Waals surface area (Å²) < 4.78 is 5.97. The van der Waals surface area contributed by atoms with E-state index in [0.29, 0.717) is 43.7 Å². The van der Waals surface area contributed by atoms with Gasteiger partial charge in [0.2, 0.25) is 0 Å². The van der Waals surface area contributed by atoms with Crippen LogP contribution < -0.4 is 4.74 Å². The fourth-order valence-corrected chi connectivity index (χ4v) is 5.14. The van der Waals surface area contributed by atoms with Gasteiger partial charge in [0.15, 0.2) is 0 Å². The Morgan fingerprint density at radius 1 is 1.34 bits per heavy atom. The van der Waals surface area contributed by atoms with Gasteiger partial charge in [-0.2, -0.15) is 0 Å². The van der Waals surface area contributed by atoms with E-state index in [1.807, 2.05) is 12.1 Å². The Labute approximate surface area is 192 Å². The molecule has 0 saturated carbocycles. The Balaban J connectivity index is 1.88. The molecule has 32 heavy (non-hydrogen) atoms.